The van der Waals surface area contributed by atoms with E-state index in [0.717, 1.165) is 16.0 Å². The van der Waals surface area contributed by atoms with Crippen LogP contribution in [0.1, 0.15) is 29.3 Å². The highest BCUT2D eigenvalue weighted by atomic mass is 16.6. The van der Waals surface area contributed by atoms with E-state index in [1.807, 2.05) is 91.0 Å². The van der Waals surface area contributed by atoms with Gasteiger partial charge in [-0.1, -0.05) is 97.1 Å². The smallest absolute Gasteiger partial charge is 0.419 e. The highest BCUT2D eigenvalue weighted by molar-refractivity contribution is 5.99. The van der Waals surface area contributed by atoms with Crippen molar-refractivity contribution in [2.24, 2.45) is 0 Å². The molecule has 3 aromatic rings. The third-order valence-corrected chi connectivity index (χ3v) is 5.47. The van der Waals surface area contributed by atoms with Crippen molar-refractivity contribution in [3.63, 3.8) is 0 Å². The van der Waals surface area contributed by atoms with Crippen molar-refractivity contribution < 1.29 is 19.1 Å². The number of imide groups is 1. The summed E-state index contributed by atoms with van der Waals surface area (Å²) < 4.78 is 11.9. The zero-order chi connectivity index (χ0) is 22.4. The van der Waals surface area contributed by atoms with E-state index in [9.17, 15) is 9.59 Å². The van der Waals surface area contributed by atoms with Gasteiger partial charge in [0.25, 0.3) is 5.91 Å². The molecule has 1 fully saturated rings. The molecule has 0 bridgehead atoms. The molecular weight excluding hydrogens is 402 g/mol. The molecule has 1 aliphatic heterocycles. The number of hydrogen-bond acceptors (Lipinski definition) is 4. The molecule has 5 heteroatoms. The van der Waals surface area contributed by atoms with Crippen LogP contribution < -0.4 is 0 Å². The van der Waals surface area contributed by atoms with Crippen molar-refractivity contribution in [3.8, 4) is 0 Å². The van der Waals surface area contributed by atoms with Gasteiger partial charge in [-0.25, -0.2) is 9.69 Å². The Balaban J connectivity index is 1.66. The Morgan fingerprint density at radius 2 is 1.50 bits per heavy atom. The van der Waals surface area contributed by atoms with Crippen molar-refractivity contribution in [3.05, 3.63) is 120 Å². The normalized spacial score (nSPS) is 20.2. The zero-order valence-corrected chi connectivity index (χ0v) is 17.7. The maximum absolute atomic E-state index is 13.7. The Morgan fingerprint density at radius 3 is 2.09 bits per heavy atom. The molecule has 0 N–H and O–H groups in total. The predicted octanol–water partition coefficient (Wildman–Crippen LogP) is 5.44. The van der Waals surface area contributed by atoms with Gasteiger partial charge in [0, 0.05) is 18.4 Å². The molecule has 0 aromatic heterocycles. The molecule has 32 heavy (non-hydrogen) atoms. The standard InChI is InChI=1S/C27H25NO4/c1-2-18-27(19-21-12-6-3-7-13-21)25(29)28(24(32-27)23-16-10-5-11-17-23)26(30)31-20-22-14-8-4-9-15-22/h2-17,24H,1,18-20H2/t24-,27-/m0/s1. The second-order valence-electron chi connectivity index (χ2n) is 7.75. The maximum atomic E-state index is 13.7. The summed E-state index contributed by atoms with van der Waals surface area (Å²) in [5.41, 5.74) is 1.24. The highest BCUT2D eigenvalue weighted by Gasteiger charge is 2.55. The van der Waals surface area contributed by atoms with Gasteiger partial charge in [0.15, 0.2) is 11.8 Å². The van der Waals surface area contributed by atoms with Crippen molar-refractivity contribution in [2.45, 2.75) is 31.3 Å². The summed E-state index contributed by atoms with van der Waals surface area (Å²) in [5, 5.41) is 0. The Hall–Kier alpha value is -3.70. The van der Waals surface area contributed by atoms with E-state index >= 15 is 0 Å². The van der Waals surface area contributed by atoms with Gasteiger partial charge >= 0.3 is 6.09 Å². The molecule has 0 unspecified atom stereocenters. The monoisotopic (exact) mass is 427 g/mol. The second-order valence-corrected chi connectivity index (χ2v) is 7.75. The molecule has 0 spiro atoms. The minimum atomic E-state index is -1.24. The quantitative estimate of drug-likeness (QED) is 0.471. The van der Waals surface area contributed by atoms with Crippen molar-refractivity contribution in [1.29, 1.82) is 0 Å². The lowest BCUT2D eigenvalue weighted by molar-refractivity contribution is -0.136. The summed E-state index contributed by atoms with van der Waals surface area (Å²) in [4.78, 5) is 27.9. The van der Waals surface area contributed by atoms with Crippen LogP contribution in [-0.2, 0) is 27.3 Å². The minimum Gasteiger partial charge on any atom is -0.444 e. The number of carbonyl (C=O) groups excluding carboxylic acids is 2. The van der Waals surface area contributed by atoms with Crippen LogP contribution in [0.4, 0.5) is 4.79 Å². The molecule has 2 atom stereocenters. The fraction of sp³-hybridized carbons (Fsp3) is 0.185. The molecule has 4 rings (SSSR count). The number of ether oxygens (including phenoxy) is 2. The topological polar surface area (TPSA) is 55.8 Å². The minimum absolute atomic E-state index is 0.0676. The number of nitrogens with zero attached hydrogens (tertiary/aromatic N) is 1. The zero-order valence-electron chi connectivity index (χ0n) is 17.7. The number of carbonyl (C=O) groups is 2. The van der Waals surface area contributed by atoms with E-state index in [0.29, 0.717) is 12.0 Å². The lowest BCUT2D eigenvalue weighted by Crippen LogP contribution is -2.44. The second kappa shape index (κ2) is 9.62. The summed E-state index contributed by atoms with van der Waals surface area (Å²) in [6.45, 7) is 3.89. The Morgan fingerprint density at radius 1 is 0.938 bits per heavy atom. The predicted molar refractivity (Wildman–Crippen MR) is 121 cm³/mol. The van der Waals surface area contributed by atoms with Crippen molar-refractivity contribution >= 4 is 12.0 Å². The average molecular weight is 428 g/mol. The van der Waals surface area contributed by atoms with E-state index in [2.05, 4.69) is 6.58 Å². The van der Waals surface area contributed by atoms with Crippen LogP contribution >= 0.6 is 0 Å². The third kappa shape index (κ3) is 4.48. The van der Waals surface area contributed by atoms with E-state index in [-0.39, 0.29) is 13.0 Å². The van der Waals surface area contributed by atoms with Crippen molar-refractivity contribution in [2.75, 3.05) is 0 Å². The van der Waals surface area contributed by atoms with Crippen LogP contribution in [0, 0.1) is 0 Å². The number of hydrogen-bond donors (Lipinski definition) is 0. The Bertz CT molecular complexity index is 1070. The fourth-order valence-corrected chi connectivity index (χ4v) is 3.93. The van der Waals surface area contributed by atoms with Gasteiger partial charge in [-0.15, -0.1) is 6.58 Å². The summed E-state index contributed by atoms with van der Waals surface area (Å²) >= 11 is 0. The van der Waals surface area contributed by atoms with Crippen molar-refractivity contribution in [1.82, 2.24) is 4.90 Å². The maximum Gasteiger partial charge on any atom is 0.419 e. The van der Waals surface area contributed by atoms with Gasteiger partial charge in [-0.05, 0) is 11.1 Å². The molecule has 0 radical (unpaired) electrons. The molecule has 5 nitrogen and oxygen atoms in total. The van der Waals surface area contributed by atoms with E-state index in [1.54, 1.807) is 6.08 Å². The molecule has 1 heterocycles. The Labute approximate surface area is 187 Å². The van der Waals surface area contributed by atoms with Gasteiger partial charge in [0.1, 0.15) is 6.61 Å². The Kier molecular flexibility index (Phi) is 6.47. The van der Waals surface area contributed by atoms with Crippen LogP contribution in [0.3, 0.4) is 0 Å². The van der Waals surface area contributed by atoms with Gasteiger partial charge in [-0.3, -0.25) is 4.79 Å². The van der Waals surface area contributed by atoms with Gasteiger partial charge < -0.3 is 9.47 Å². The van der Waals surface area contributed by atoms with E-state index < -0.39 is 23.8 Å². The first-order chi connectivity index (χ1) is 15.6. The van der Waals surface area contributed by atoms with Gasteiger partial charge in [0.2, 0.25) is 0 Å². The lowest BCUT2D eigenvalue weighted by Gasteiger charge is -2.25. The molecule has 1 saturated heterocycles. The molecule has 2 amide bonds. The SMILES string of the molecule is C=CC[C@@]1(Cc2ccccc2)O[C@@H](c2ccccc2)N(C(=O)OCc2ccccc2)C1=O. The molecular formula is C27H25NO4. The summed E-state index contributed by atoms with van der Waals surface area (Å²) in [6.07, 6.45) is 0.640. The lowest BCUT2D eigenvalue weighted by atomic mass is 9.90. The largest absolute Gasteiger partial charge is 0.444 e. The van der Waals surface area contributed by atoms with E-state index in [4.69, 9.17) is 9.47 Å². The molecule has 0 aliphatic carbocycles. The number of benzene rings is 3. The van der Waals surface area contributed by atoms with Crippen LogP contribution in [0.2, 0.25) is 0 Å². The van der Waals surface area contributed by atoms with Crippen LogP contribution in [0.15, 0.2) is 104 Å². The molecule has 0 saturated carbocycles. The van der Waals surface area contributed by atoms with Crippen LogP contribution in [-0.4, -0.2) is 22.5 Å². The average Bonchev–Trinajstić information content (AvgIpc) is 3.11. The number of amides is 2. The van der Waals surface area contributed by atoms with E-state index in [1.165, 1.54) is 0 Å². The first kappa shape index (κ1) is 21.5. The van der Waals surface area contributed by atoms with Crippen LogP contribution in [0.25, 0.3) is 0 Å². The van der Waals surface area contributed by atoms with Gasteiger partial charge in [-0.2, -0.15) is 0 Å². The third-order valence-electron chi connectivity index (χ3n) is 5.47. The summed E-state index contributed by atoms with van der Waals surface area (Å²) in [5.74, 6) is -0.423. The van der Waals surface area contributed by atoms with Crippen LogP contribution in [0.5, 0.6) is 0 Å². The van der Waals surface area contributed by atoms with Gasteiger partial charge in [0.05, 0.1) is 0 Å². The molecule has 162 valence electrons. The molecule has 3 aromatic carbocycles. The molecule has 1 aliphatic rings. The fourth-order valence-electron chi connectivity index (χ4n) is 3.93. The first-order valence-corrected chi connectivity index (χ1v) is 10.5. The first-order valence-electron chi connectivity index (χ1n) is 10.5. The highest BCUT2D eigenvalue weighted by Crippen LogP contribution is 2.42. The summed E-state index contributed by atoms with van der Waals surface area (Å²) in [6, 6.07) is 28.2. The number of rotatable bonds is 7. The summed E-state index contributed by atoms with van der Waals surface area (Å²) in [7, 11) is 0.